The number of hydrazine groups is 1. The summed E-state index contributed by atoms with van der Waals surface area (Å²) in [5, 5.41) is 0. The van der Waals surface area contributed by atoms with Crippen molar-refractivity contribution in [1.29, 1.82) is 0 Å². The number of rotatable bonds is 3. The summed E-state index contributed by atoms with van der Waals surface area (Å²) in [7, 11) is 0. The molecule has 1 aromatic rings. The molecule has 2 N–H and O–H groups in total. The maximum absolute atomic E-state index is 11.4. The Labute approximate surface area is 92.8 Å². The van der Waals surface area contributed by atoms with E-state index in [-0.39, 0.29) is 12.2 Å². The lowest BCUT2D eigenvalue weighted by Crippen LogP contribution is -2.42. The first kappa shape index (κ1) is 11.9. The van der Waals surface area contributed by atoms with Crippen molar-refractivity contribution in [3.05, 3.63) is 35.9 Å². The van der Waals surface area contributed by atoms with Crippen molar-refractivity contribution in [1.82, 2.24) is 10.9 Å². The van der Waals surface area contributed by atoms with Crippen molar-refractivity contribution in [2.75, 3.05) is 0 Å². The van der Waals surface area contributed by atoms with Crippen LogP contribution in [0.1, 0.15) is 23.7 Å². The fourth-order valence-corrected chi connectivity index (χ4v) is 1.06. The Kier molecular flexibility index (Phi) is 4.20. The van der Waals surface area contributed by atoms with E-state index < -0.39 is 11.8 Å². The summed E-state index contributed by atoms with van der Waals surface area (Å²) < 4.78 is 0. The minimum absolute atomic E-state index is 0.241. The molecule has 0 bridgehead atoms. The zero-order chi connectivity index (χ0) is 12.0. The third-order valence-corrected chi connectivity index (χ3v) is 1.76. The molecular weight excluding hydrogens is 208 g/mol. The highest BCUT2D eigenvalue weighted by Crippen LogP contribution is 1.96. The molecular formula is C11H12N2O3. The second-order valence-corrected chi connectivity index (χ2v) is 3.25. The number of Topliss-reactive ketones (excluding diaryl/α,β-unsaturated/α-hetero) is 1. The highest BCUT2D eigenvalue weighted by molar-refractivity contribution is 5.99. The van der Waals surface area contributed by atoms with Crippen LogP contribution < -0.4 is 10.9 Å². The number of ketones is 1. The van der Waals surface area contributed by atoms with Gasteiger partial charge in [0, 0.05) is 5.56 Å². The monoisotopic (exact) mass is 220 g/mol. The molecule has 2 amide bonds. The summed E-state index contributed by atoms with van der Waals surface area (Å²) >= 11 is 0. The average Bonchev–Trinajstić information content (AvgIpc) is 2.26. The number of hydrogen-bond donors (Lipinski definition) is 2. The molecule has 0 spiro atoms. The van der Waals surface area contributed by atoms with Gasteiger partial charge in [-0.1, -0.05) is 18.2 Å². The van der Waals surface area contributed by atoms with Crippen LogP contribution in [-0.4, -0.2) is 17.6 Å². The van der Waals surface area contributed by atoms with Gasteiger partial charge in [-0.3, -0.25) is 25.2 Å². The molecule has 0 unspecified atom stereocenters. The smallest absolute Gasteiger partial charge is 0.269 e. The van der Waals surface area contributed by atoms with E-state index in [4.69, 9.17) is 0 Å². The Bertz CT molecular complexity index is 401. The minimum Gasteiger partial charge on any atom is -0.299 e. The van der Waals surface area contributed by atoms with Crippen molar-refractivity contribution < 1.29 is 14.4 Å². The molecule has 16 heavy (non-hydrogen) atoms. The standard InChI is InChI=1S/C11H12N2O3/c1-8(14)7-10(15)12-13-11(16)9-5-3-2-4-6-9/h2-6H,7H2,1H3,(H,12,15)(H,13,16). The van der Waals surface area contributed by atoms with E-state index >= 15 is 0 Å². The van der Waals surface area contributed by atoms with E-state index in [9.17, 15) is 14.4 Å². The van der Waals surface area contributed by atoms with Crippen LogP contribution in [-0.2, 0) is 9.59 Å². The summed E-state index contributed by atoms with van der Waals surface area (Å²) in [6.07, 6.45) is -0.241. The van der Waals surface area contributed by atoms with Gasteiger partial charge in [-0.25, -0.2) is 0 Å². The summed E-state index contributed by atoms with van der Waals surface area (Å²) in [5.41, 5.74) is 4.80. The van der Waals surface area contributed by atoms with Gasteiger partial charge in [0.05, 0.1) is 6.42 Å². The fraction of sp³-hybridized carbons (Fsp3) is 0.182. The quantitative estimate of drug-likeness (QED) is 0.573. The highest BCUT2D eigenvalue weighted by atomic mass is 16.2. The predicted molar refractivity (Wildman–Crippen MR) is 57.3 cm³/mol. The molecule has 0 saturated heterocycles. The van der Waals surface area contributed by atoms with Crippen molar-refractivity contribution in [2.45, 2.75) is 13.3 Å². The van der Waals surface area contributed by atoms with Crippen LogP contribution in [0.5, 0.6) is 0 Å². The largest absolute Gasteiger partial charge is 0.299 e. The second-order valence-electron chi connectivity index (χ2n) is 3.25. The summed E-state index contributed by atoms with van der Waals surface area (Å²) in [5.74, 6) is -1.21. The van der Waals surface area contributed by atoms with Gasteiger partial charge in [-0.2, -0.15) is 0 Å². The zero-order valence-electron chi connectivity index (χ0n) is 8.82. The first-order chi connectivity index (χ1) is 7.59. The Morgan fingerprint density at radius 3 is 2.25 bits per heavy atom. The molecule has 0 aliphatic rings. The number of carbonyl (C=O) groups is 3. The SMILES string of the molecule is CC(=O)CC(=O)NNC(=O)c1ccccc1. The van der Waals surface area contributed by atoms with Crippen LogP contribution in [0.15, 0.2) is 30.3 Å². The van der Waals surface area contributed by atoms with Gasteiger partial charge in [-0.15, -0.1) is 0 Å². The van der Waals surface area contributed by atoms with Gasteiger partial charge in [0.15, 0.2) is 0 Å². The van der Waals surface area contributed by atoms with E-state index in [1.165, 1.54) is 6.92 Å². The normalized spacial score (nSPS) is 9.31. The number of nitrogens with one attached hydrogen (secondary N) is 2. The fourth-order valence-electron chi connectivity index (χ4n) is 1.06. The molecule has 5 nitrogen and oxygen atoms in total. The van der Waals surface area contributed by atoms with E-state index in [2.05, 4.69) is 10.9 Å². The number of carbonyl (C=O) groups excluding carboxylic acids is 3. The van der Waals surface area contributed by atoms with Crippen molar-refractivity contribution >= 4 is 17.6 Å². The lowest BCUT2D eigenvalue weighted by molar-refractivity contribution is -0.127. The van der Waals surface area contributed by atoms with Crippen molar-refractivity contribution in [3.8, 4) is 0 Å². The summed E-state index contributed by atoms with van der Waals surface area (Å²) in [6.45, 7) is 1.30. The van der Waals surface area contributed by atoms with Crippen molar-refractivity contribution in [3.63, 3.8) is 0 Å². The Balaban J connectivity index is 2.42. The first-order valence-corrected chi connectivity index (χ1v) is 4.73. The van der Waals surface area contributed by atoms with Gasteiger partial charge in [-0.05, 0) is 19.1 Å². The molecule has 84 valence electrons. The lowest BCUT2D eigenvalue weighted by Gasteiger charge is -2.05. The molecule has 0 aliphatic heterocycles. The highest BCUT2D eigenvalue weighted by Gasteiger charge is 2.07. The Hall–Kier alpha value is -2.17. The van der Waals surface area contributed by atoms with Crippen LogP contribution >= 0.6 is 0 Å². The van der Waals surface area contributed by atoms with Gasteiger partial charge in [0.2, 0.25) is 5.91 Å². The molecule has 0 saturated carbocycles. The maximum Gasteiger partial charge on any atom is 0.269 e. The Morgan fingerprint density at radius 1 is 1.06 bits per heavy atom. The zero-order valence-corrected chi connectivity index (χ0v) is 8.82. The van der Waals surface area contributed by atoms with Gasteiger partial charge in [0.1, 0.15) is 5.78 Å². The molecule has 0 radical (unpaired) electrons. The second kappa shape index (κ2) is 5.65. The third kappa shape index (κ3) is 3.91. The van der Waals surface area contributed by atoms with Crippen LogP contribution in [0.2, 0.25) is 0 Å². The van der Waals surface area contributed by atoms with Gasteiger partial charge >= 0.3 is 0 Å². The number of benzene rings is 1. The van der Waals surface area contributed by atoms with Crippen LogP contribution in [0, 0.1) is 0 Å². The first-order valence-electron chi connectivity index (χ1n) is 4.73. The van der Waals surface area contributed by atoms with E-state index in [0.717, 1.165) is 0 Å². The van der Waals surface area contributed by atoms with Gasteiger partial charge in [0.25, 0.3) is 5.91 Å². The maximum atomic E-state index is 11.4. The number of amides is 2. The molecule has 0 atom stereocenters. The van der Waals surface area contributed by atoms with E-state index in [1.54, 1.807) is 30.3 Å². The third-order valence-electron chi connectivity index (χ3n) is 1.76. The molecule has 0 fully saturated rings. The van der Waals surface area contributed by atoms with E-state index in [1.807, 2.05) is 0 Å². The van der Waals surface area contributed by atoms with Crippen molar-refractivity contribution in [2.24, 2.45) is 0 Å². The summed E-state index contributed by atoms with van der Waals surface area (Å²) in [6, 6.07) is 8.45. The average molecular weight is 220 g/mol. The topological polar surface area (TPSA) is 75.3 Å². The molecule has 0 heterocycles. The molecule has 0 aromatic heterocycles. The Morgan fingerprint density at radius 2 is 1.69 bits per heavy atom. The number of hydrogen-bond acceptors (Lipinski definition) is 3. The lowest BCUT2D eigenvalue weighted by atomic mass is 10.2. The molecule has 0 aliphatic carbocycles. The molecule has 1 aromatic carbocycles. The summed E-state index contributed by atoms with van der Waals surface area (Å²) in [4.78, 5) is 33.1. The predicted octanol–water partition coefficient (Wildman–Crippen LogP) is 0.427. The van der Waals surface area contributed by atoms with Crippen LogP contribution in [0.4, 0.5) is 0 Å². The van der Waals surface area contributed by atoms with Gasteiger partial charge < -0.3 is 0 Å². The van der Waals surface area contributed by atoms with E-state index in [0.29, 0.717) is 5.56 Å². The molecule has 1 rings (SSSR count). The van der Waals surface area contributed by atoms with Crippen LogP contribution in [0.25, 0.3) is 0 Å². The van der Waals surface area contributed by atoms with Crippen LogP contribution in [0.3, 0.4) is 0 Å². The molecule has 5 heteroatoms. The minimum atomic E-state index is -0.531.